The highest BCUT2D eigenvalue weighted by Gasteiger charge is 2.21. The van der Waals surface area contributed by atoms with Gasteiger partial charge in [0.1, 0.15) is 11.6 Å². The highest BCUT2D eigenvalue weighted by Crippen LogP contribution is 2.30. The van der Waals surface area contributed by atoms with Gasteiger partial charge in [0.2, 0.25) is 0 Å². The first-order valence-corrected chi connectivity index (χ1v) is 4.63. The second kappa shape index (κ2) is 3.56. The molecule has 0 amide bonds. The summed E-state index contributed by atoms with van der Waals surface area (Å²) in [5, 5.41) is 9.81. The number of benzene rings is 1. The molecule has 0 aliphatic rings. The molecule has 2 aromatic rings. The highest BCUT2D eigenvalue weighted by atomic mass is 35.5. The van der Waals surface area contributed by atoms with Gasteiger partial charge in [-0.05, 0) is 18.2 Å². The van der Waals surface area contributed by atoms with Crippen LogP contribution in [0.25, 0.3) is 11.0 Å². The van der Waals surface area contributed by atoms with Gasteiger partial charge in [-0.15, -0.1) is 0 Å². The molecule has 1 aromatic heterocycles. The third-order valence-corrected chi connectivity index (χ3v) is 2.53. The summed E-state index contributed by atoms with van der Waals surface area (Å²) in [7, 11) is 0. The Hall–Kier alpha value is -1.52. The fraction of sp³-hybridized carbons (Fsp3) is 0.100. The maximum Gasteiger partial charge on any atom is 0.325 e. The van der Waals surface area contributed by atoms with Gasteiger partial charge in [0, 0.05) is 16.0 Å². The van der Waals surface area contributed by atoms with Crippen LogP contribution in [0, 0.1) is 0 Å². The van der Waals surface area contributed by atoms with Gasteiger partial charge in [0.15, 0.2) is 0 Å². The van der Waals surface area contributed by atoms with Gasteiger partial charge in [-0.2, -0.15) is 0 Å². The van der Waals surface area contributed by atoms with E-state index in [-0.39, 0.29) is 0 Å². The number of halogens is 1. The monoisotopic (exact) mass is 225 g/mol. The summed E-state index contributed by atoms with van der Waals surface area (Å²) in [6, 6.07) is 3.76. The SMILES string of the molecule is NC(C(=O)O)c1c(Cl)ccc2occc12. The summed E-state index contributed by atoms with van der Waals surface area (Å²) < 4.78 is 5.14. The average Bonchev–Trinajstić information content (AvgIpc) is 2.64. The number of hydrogen-bond donors (Lipinski definition) is 2. The zero-order valence-corrected chi connectivity index (χ0v) is 8.36. The van der Waals surface area contributed by atoms with Crippen LogP contribution in [0.4, 0.5) is 0 Å². The van der Waals surface area contributed by atoms with Crippen molar-refractivity contribution in [2.75, 3.05) is 0 Å². The first-order chi connectivity index (χ1) is 7.11. The maximum atomic E-state index is 10.8. The summed E-state index contributed by atoms with van der Waals surface area (Å²) in [4.78, 5) is 10.8. The van der Waals surface area contributed by atoms with Crippen LogP contribution in [0.15, 0.2) is 28.9 Å². The van der Waals surface area contributed by atoms with Crippen molar-refractivity contribution in [3.63, 3.8) is 0 Å². The minimum absolute atomic E-state index is 0.332. The zero-order chi connectivity index (χ0) is 11.0. The van der Waals surface area contributed by atoms with Crippen molar-refractivity contribution in [2.24, 2.45) is 5.73 Å². The summed E-state index contributed by atoms with van der Waals surface area (Å²) >= 11 is 5.91. The van der Waals surface area contributed by atoms with E-state index in [9.17, 15) is 4.79 Å². The Bertz CT molecular complexity index is 520. The summed E-state index contributed by atoms with van der Waals surface area (Å²) in [6.45, 7) is 0. The van der Waals surface area contributed by atoms with Crippen LogP contribution in [0.1, 0.15) is 11.6 Å². The van der Waals surface area contributed by atoms with Gasteiger partial charge in [-0.3, -0.25) is 4.79 Å². The molecule has 4 nitrogen and oxygen atoms in total. The van der Waals surface area contributed by atoms with E-state index in [1.54, 1.807) is 18.2 Å². The third kappa shape index (κ3) is 1.58. The molecule has 0 radical (unpaired) electrons. The van der Waals surface area contributed by atoms with Gasteiger partial charge in [-0.25, -0.2) is 0 Å². The number of furan rings is 1. The molecule has 0 fully saturated rings. The number of rotatable bonds is 2. The lowest BCUT2D eigenvalue weighted by Gasteiger charge is -2.09. The van der Waals surface area contributed by atoms with E-state index in [1.165, 1.54) is 6.26 Å². The number of carboxylic acid groups (broad SMARTS) is 1. The van der Waals surface area contributed by atoms with Crippen molar-refractivity contribution in [1.82, 2.24) is 0 Å². The molecule has 78 valence electrons. The van der Waals surface area contributed by atoms with Crippen molar-refractivity contribution >= 4 is 28.5 Å². The lowest BCUT2D eigenvalue weighted by Crippen LogP contribution is -2.21. The number of carbonyl (C=O) groups is 1. The molecular formula is C10H8ClNO3. The van der Waals surface area contributed by atoms with Gasteiger partial charge in [0.05, 0.1) is 6.26 Å². The van der Waals surface area contributed by atoms with Crippen LogP contribution in [0.5, 0.6) is 0 Å². The quantitative estimate of drug-likeness (QED) is 0.821. The first-order valence-electron chi connectivity index (χ1n) is 4.25. The maximum absolute atomic E-state index is 10.8. The van der Waals surface area contributed by atoms with E-state index in [2.05, 4.69) is 0 Å². The predicted molar refractivity (Wildman–Crippen MR) is 55.8 cm³/mol. The summed E-state index contributed by atoms with van der Waals surface area (Å²) in [6.07, 6.45) is 1.47. The van der Waals surface area contributed by atoms with E-state index in [1.807, 2.05) is 0 Å². The lowest BCUT2D eigenvalue weighted by molar-refractivity contribution is -0.138. The number of fused-ring (bicyclic) bond motifs is 1. The van der Waals surface area contributed by atoms with Gasteiger partial charge in [-0.1, -0.05) is 11.6 Å². The third-order valence-electron chi connectivity index (χ3n) is 2.20. The summed E-state index contributed by atoms with van der Waals surface area (Å²) in [5.41, 5.74) is 6.50. The Labute approximate surface area is 90.2 Å². The molecule has 0 saturated carbocycles. The van der Waals surface area contributed by atoms with E-state index >= 15 is 0 Å². The molecule has 0 bridgehead atoms. The second-order valence-electron chi connectivity index (χ2n) is 3.11. The normalized spacial score (nSPS) is 12.9. The molecule has 0 aliphatic carbocycles. The van der Waals surface area contributed by atoms with E-state index in [0.717, 1.165) is 0 Å². The van der Waals surface area contributed by atoms with Crippen LogP contribution in [0.2, 0.25) is 5.02 Å². The molecule has 1 atom stereocenters. The van der Waals surface area contributed by atoms with Crippen LogP contribution in [0.3, 0.4) is 0 Å². The van der Waals surface area contributed by atoms with E-state index < -0.39 is 12.0 Å². The summed E-state index contributed by atoms with van der Waals surface area (Å²) in [5.74, 6) is -1.12. The van der Waals surface area contributed by atoms with Crippen LogP contribution in [-0.2, 0) is 4.79 Å². The first kappa shape index (κ1) is 10.0. The van der Waals surface area contributed by atoms with E-state index in [0.29, 0.717) is 21.6 Å². The van der Waals surface area contributed by atoms with Crippen molar-refractivity contribution in [3.05, 3.63) is 35.0 Å². The largest absolute Gasteiger partial charge is 0.480 e. The Kier molecular flexibility index (Phi) is 2.38. The fourth-order valence-corrected chi connectivity index (χ4v) is 1.76. The number of hydrogen-bond acceptors (Lipinski definition) is 3. The Morgan fingerprint density at radius 1 is 1.47 bits per heavy atom. The van der Waals surface area contributed by atoms with Crippen LogP contribution < -0.4 is 5.73 Å². The van der Waals surface area contributed by atoms with Crippen molar-refractivity contribution in [2.45, 2.75) is 6.04 Å². The zero-order valence-electron chi connectivity index (χ0n) is 7.61. The molecular weight excluding hydrogens is 218 g/mol. The molecule has 0 saturated heterocycles. The number of aliphatic carboxylic acids is 1. The Morgan fingerprint density at radius 2 is 2.20 bits per heavy atom. The van der Waals surface area contributed by atoms with Crippen molar-refractivity contribution in [3.8, 4) is 0 Å². The minimum atomic E-state index is -1.14. The van der Waals surface area contributed by atoms with Crippen LogP contribution >= 0.6 is 11.6 Å². The Morgan fingerprint density at radius 3 is 2.87 bits per heavy atom. The number of carboxylic acids is 1. The van der Waals surface area contributed by atoms with Gasteiger partial charge >= 0.3 is 5.97 Å². The predicted octanol–water partition coefficient (Wildman–Crippen LogP) is 2.17. The molecule has 2 rings (SSSR count). The fourth-order valence-electron chi connectivity index (χ4n) is 1.48. The molecule has 3 N–H and O–H groups in total. The standard InChI is InChI=1S/C10H8ClNO3/c11-6-1-2-7-5(3-4-15-7)8(6)9(12)10(13)14/h1-4,9H,12H2,(H,13,14). The molecule has 0 spiro atoms. The molecule has 1 heterocycles. The smallest absolute Gasteiger partial charge is 0.325 e. The lowest BCUT2D eigenvalue weighted by atomic mass is 10.0. The van der Waals surface area contributed by atoms with Crippen molar-refractivity contribution < 1.29 is 14.3 Å². The van der Waals surface area contributed by atoms with E-state index in [4.69, 9.17) is 26.9 Å². The number of nitrogens with two attached hydrogens (primary N) is 1. The topological polar surface area (TPSA) is 76.5 Å². The average molecular weight is 226 g/mol. The molecule has 1 unspecified atom stereocenters. The molecule has 0 aliphatic heterocycles. The van der Waals surface area contributed by atoms with Gasteiger partial charge in [0.25, 0.3) is 0 Å². The van der Waals surface area contributed by atoms with Gasteiger partial charge < -0.3 is 15.3 Å². The highest BCUT2D eigenvalue weighted by molar-refractivity contribution is 6.32. The molecule has 1 aromatic carbocycles. The van der Waals surface area contributed by atoms with Crippen LogP contribution in [-0.4, -0.2) is 11.1 Å². The second-order valence-corrected chi connectivity index (χ2v) is 3.52. The minimum Gasteiger partial charge on any atom is -0.480 e. The molecule has 15 heavy (non-hydrogen) atoms. The Balaban J connectivity index is 2.71. The molecule has 5 heteroatoms. The van der Waals surface area contributed by atoms with Crippen molar-refractivity contribution in [1.29, 1.82) is 0 Å².